The van der Waals surface area contributed by atoms with Gasteiger partial charge in [-0.25, -0.2) is 4.98 Å². The van der Waals surface area contributed by atoms with Crippen LogP contribution in [0.15, 0.2) is 18.3 Å². The highest BCUT2D eigenvalue weighted by Crippen LogP contribution is 2.37. The van der Waals surface area contributed by atoms with Crippen LogP contribution in [-0.2, 0) is 0 Å². The minimum atomic E-state index is 0.145. The maximum absolute atomic E-state index is 12.7. The van der Waals surface area contributed by atoms with E-state index in [9.17, 15) is 4.79 Å². The average molecular weight is 259 g/mol. The van der Waals surface area contributed by atoms with E-state index in [1.54, 1.807) is 6.20 Å². The predicted molar refractivity (Wildman–Crippen MR) is 75.2 cm³/mol. The fourth-order valence-corrected chi connectivity index (χ4v) is 3.59. The molecule has 3 rings (SSSR count). The highest BCUT2D eigenvalue weighted by Gasteiger charge is 2.38. The number of nitrogens with one attached hydrogen (secondary N) is 1. The number of carbonyl (C=O) groups is 1. The normalized spacial score (nSPS) is 26.1. The minimum absolute atomic E-state index is 0.145. The van der Waals surface area contributed by atoms with E-state index in [-0.39, 0.29) is 5.91 Å². The van der Waals surface area contributed by atoms with Gasteiger partial charge in [-0.15, -0.1) is 0 Å². The van der Waals surface area contributed by atoms with E-state index in [0.717, 1.165) is 12.5 Å². The summed E-state index contributed by atoms with van der Waals surface area (Å²) >= 11 is 0. The lowest BCUT2D eigenvalue weighted by molar-refractivity contribution is 0.0691. The molecule has 0 spiro atoms. The van der Waals surface area contributed by atoms with Crippen LogP contribution in [0, 0.1) is 5.92 Å². The van der Waals surface area contributed by atoms with Gasteiger partial charge >= 0.3 is 0 Å². The smallest absolute Gasteiger partial charge is 0.257 e. The molecule has 0 aromatic carbocycles. The number of likely N-dealkylation sites (tertiary alicyclic amines) is 1. The van der Waals surface area contributed by atoms with Crippen molar-refractivity contribution in [3.63, 3.8) is 0 Å². The van der Waals surface area contributed by atoms with Gasteiger partial charge in [-0.2, -0.15) is 0 Å². The first kappa shape index (κ1) is 12.5. The molecular weight excluding hydrogens is 238 g/mol. The van der Waals surface area contributed by atoms with Crippen molar-refractivity contribution < 1.29 is 4.79 Å². The molecule has 0 radical (unpaired) electrons. The Morgan fingerprint density at radius 3 is 3.05 bits per heavy atom. The van der Waals surface area contributed by atoms with Crippen molar-refractivity contribution in [3.8, 4) is 0 Å². The summed E-state index contributed by atoms with van der Waals surface area (Å²) in [6.45, 7) is 0.909. The van der Waals surface area contributed by atoms with Crippen molar-refractivity contribution in [2.24, 2.45) is 5.92 Å². The number of anilines is 1. The first-order valence-electron chi connectivity index (χ1n) is 7.25. The van der Waals surface area contributed by atoms with E-state index in [4.69, 9.17) is 0 Å². The molecule has 19 heavy (non-hydrogen) atoms. The summed E-state index contributed by atoms with van der Waals surface area (Å²) in [6.07, 6.45) is 7.95. The summed E-state index contributed by atoms with van der Waals surface area (Å²) in [7, 11) is 1.81. The molecule has 1 aliphatic carbocycles. The maximum Gasteiger partial charge on any atom is 0.257 e. The summed E-state index contributed by atoms with van der Waals surface area (Å²) in [5, 5.41) is 3.01. The fraction of sp³-hybridized carbons (Fsp3) is 0.600. The monoisotopic (exact) mass is 259 g/mol. The molecule has 1 saturated carbocycles. The minimum Gasteiger partial charge on any atom is -0.372 e. The number of carbonyl (C=O) groups excluding carboxylic acids is 1. The lowest BCUT2D eigenvalue weighted by atomic mass is 9.85. The van der Waals surface area contributed by atoms with E-state index in [1.807, 2.05) is 19.2 Å². The Kier molecular flexibility index (Phi) is 3.40. The quantitative estimate of drug-likeness (QED) is 0.887. The molecule has 1 aliphatic heterocycles. The van der Waals surface area contributed by atoms with Gasteiger partial charge in [-0.05, 0) is 37.3 Å². The van der Waals surface area contributed by atoms with Crippen LogP contribution in [0.1, 0.15) is 42.5 Å². The lowest BCUT2D eigenvalue weighted by Gasteiger charge is -2.31. The second kappa shape index (κ2) is 5.19. The zero-order chi connectivity index (χ0) is 13.2. The van der Waals surface area contributed by atoms with Gasteiger partial charge in [-0.1, -0.05) is 12.8 Å². The number of pyridine rings is 1. The third kappa shape index (κ3) is 2.20. The predicted octanol–water partition coefficient (Wildman–Crippen LogP) is 2.53. The molecule has 2 unspecified atom stereocenters. The highest BCUT2D eigenvalue weighted by atomic mass is 16.2. The molecule has 2 aliphatic rings. The van der Waals surface area contributed by atoms with Crippen molar-refractivity contribution in [3.05, 3.63) is 23.9 Å². The van der Waals surface area contributed by atoms with Gasteiger partial charge in [0.25, 0.3) is 5.91 Å². The largest absolute Gasteiger partial charge is 0.372 e. The van der Waals surface area contributed by atoms with Crippen LogP contribution in [-0.4, -0.2) is 35.4 Å². The van der Waals surface area contributed by atoms with Gasteiger partial charge in [0.15, 0.2) is 0 Å². The molecule has 4 nitrogen and oxygen atoms in total. The van der Waals surface area contributed by atoms with Crippen LogP contribution >= 0.6 is 0 Å². The number of rotatable bonds is 2. The SMILES string of the molecule is CNc1ncccc1C(=O)N1CCC2CCCCC21. The summed E-state index contributed by atoms with van der Waals surface area (Å²) < 4.78 is 0. The van der Waals surface area contributed by atoms with E-state index >= 15 is 0 Å². The second-order valence-electron chi connectivity index (χ2n) is 5.55. The third-order valence-corrected chi connectivity index (χ3v) is 4.55. The summed E-state index contributed by atoms with van der Waals surface area (Å²) in [5.74, 6) is 1.56. The van der Waals surface area contributed by atoms with Crippen LogP contribution in [0.25, 0.3) is 0 Å². The Hall–Kier alpha value is -1.58. The van der Waals surface area contributed by atoms with Gasteiger partial charge in [-0.3, -0.25) is 4.79 Å². The number of hydrogen-bond acceptors (Lipinski definition) is 3. The number of nitrogens with zero attached hydrogens (tertiary/aromatic N) is 2. The molecule has 1 N–H and O–H groups in total. The van der Waals surface area contributed by atoms with E-state index in [0.29, 0.717) is 17.4 Å². The Balaban J connectivity index is 1.84. The zero-order valence-corrected chi connectivity index (χ0v) is 11.4. The topological polar surface area (TPSA) is 45.2 Å². The fourth-order valence-electron chi connectivity index (χ4n) is 3.59. The van der Waals surface area contributed by atoms with Crippen LogP contribution in [0.5, 0.6) is 0 Å². The first-order valence-corrected chi connectivity index (χ1v) is 7.25. The molecule has 1 saturated heterocycles. The Bertz CT molecular complexity index is 474. The molecule has 102 valence electrons. The summed E-state index contributed by atoms with van der Waals surface area (Å²) in [6, 6.07) is 4.17. The van der Waals surface area contributed by atoms with Gasteiger partial charge in [0.2, 0.25) is 0 Å². The first-order chi connectivity index (χ1) is 9.31. The van der Waals surface area contributed by atoms with Crippen LogP contribution in [0.3, 0.4) is 0 Å². The second-order valence-corrected chi connectivity index (χ2v) is 5.55. The average Bonchev–Trinajstić information content (AvgIpc) is 2.90. The van der Waals surface area contributed by atoms with Crippen molar-refractivity contribution in [2.75, 3.05) is 18.9 Å². The van der Waals surface area contributed by atoms with Gasteiger partial charge < -0.3 is 10.2 Å². The number of aromatic nitrogens is 1. The zero-order valence-electron chi connectivity index (χ0n) is 11.4. The standard InChI is InChI=1S/C15H21N3O/c1-16-14-12(6-4-9-17-14)15(19)18-10-8-11-5-2-3-7-13(11)18/h4,6,9,11,13H,2-3,5,7-8,10H2,1H3,(H,16,17). The van der Waals surface area contributed by atoms with Crippen molar-refractivity contribution >= 4 is 11.7 Å². The molecule has 2 heterocycles. The Morgan fingerprint density at radius 1 is 1.37 bits per heavy atom. The number of hydrogen-bond donors (Lipinski definition) is 1. The maximum atomic E-state index is 12.7. The Morgan fingerprint density at radius 2 is 2.21 bits per heavy atom. The summed E-state index contributed by atoms with van der Waals surface area (Å²) in [4.78, 5) is 19.0. The van der Waals surface area contributed by atoms with E-state index < -0.39 is 0 Å². The van der Waals surface area contributed by atoms with Gasteiger partial charge in [0, 0.05) is 25.8 Å². The molecule has 4 heteroatoms. The van der Waals surface area contributed by atoms with Crippen molar-refractivity contribution in [2.45, 2.75) is 38.1 Å². The Labute approximate surface area is 114 Å². The van der Waals surface area contributed by atoms with Crippen LogP contribution < -0.4 is 5.32 Å². The molecule has 1 aromatic heterocycles. The van der Waals surface area contributed by atoms with Crippen LogP contribution in [0.4, 0.5) is 5.82 Å². The molecule has 2 atom stereocenters. The van der Waals surface area contributed by atoms with Gasteiger partial charge in [0.05, 0.1) is 5.56 Å². The molecule has 1 aromatic rings. The van der Waals surface area contributed by atoms with E-state index in [1.165, 1.54) is 32.1 Å². The molecule has 1 amide bonds. The highest BCUT2D eigenvalue weighted by molar-refractivity contribution is 5.99. The molecular formula is C15H21N3O. The van der Waals surface area contributed by atoms with Crippen molar-refractivity contribution in [1.29, 1.82) is 0 Å². The third-order valence-electron chi connectivity index (χ3n) is 4.55. The number of fused-ring (bicyclic) bond motifs is 1. The lowest BCUT2D eigenvalue weighted by Crippen LogP contribution is -2.39. The molecule has 0 bridgehead atoms. The number of amides is 1. The van der Waals surface area contributed by atoms with E-state index in [2.05, 4.69) is 15.2 Å². The van der Waals surface area contributed by atoms with Crippen LogP contribution in [0.2, 0.25) is 0 Å². The summed E-state index contributed by atoms with van der Waals surface area (Å²) in [5.41, 5.74) is 0.705. The van der Waals surface area contributed by atoms with Gasteiger partial charge in [0.1, 0.15) is 5.82 Å². The van der Waals surface area contributed by atoms with Crippen molar-refractivity contribution in [1.82, 2.24) is 9.88 Å². The molecule has 2 fully saturated rings.